The zero-order valence-corrected chi connectivity index (χ0v) is 20.5. The predicted molar refractivity (Wildman–Crippen MR) is 135 cm³/mol. The lowest BCUT2D eigenvalue weighted by molar-refractivity contribution is -0.298. The molecular weight excluding hydrogens is 458 g/mol. The fraction of sp³-hybridized carbons (Fsp3) is 0.310. The van der Waals surface area contributed by atoms with E-state index < -0.39 is 17.8 Å². The number of nitrogens with one attached hydrogen (secondary N) is 1. The number of rotatable bonds is 5. The molecule has 1 fully saturated rings. The van der Waals surface area contributed by atoms with E-state index in [0.717, 1.165) is 22.3 Å². The molecule has 7 nitrogen and oxygen atoms in total. The fourth-order valence-corrected chi connectivity index (χ4v) is 4.84. The highest BCUT2D eigenvalue weighted by Gasteiger charge is 2.40. The summed E-state index contributed by atoms with van der Waals surface area (Å²) >= 11 is 0. The minimum Gasteiger partial charge on any atom is -0.478 e. The first-order chi connectivity index (χ1) is 17.2. The Bertz CT molecular complexity index is 1280. The molecule has 3 aromatic carbocycles. The van der Waals surface area contributed by atoms with E-state index in [4.69, 9.17) is 14.2 Å². The Hall–Kier alpha value is -3.68. The van der Waals surface area contributed by atoms with Crippen LogP contribution in [0.3, 0.4) is 0 Å². The van der Waals surface area contributed by atoms with E-state index in [-0.39, 0.29) is 23.5 Å². The van der Waals surface area contributed by atoms with E-state index >= 15 is 0 Å². The Morgan fingerprint density at radius 3 is 2.11 bits per heavy atom. The van der Waals surface area contributed by atoms with Gasteiger partial charge in [0.15, 0.2) is 5.79 Å². The quantitative estimate of drug-likeness (QED) is 0.459. The van der Waals surface area contributed by atoms with Gasteiger partial charge in [0, 0.05) is 22.6 Å². The number of carboxylic acids is 1. The van der Waals surface area contributed by atoms with Crippen LogP contribution in [0.2, 0.25) is 0 Å². The van der Waals surface area contributed by atoms with Crippen molar-refractivity contribution in [3.8, 4) is 11.1 Å². The number of anilines is 1. The normalized spacial score (nSPS) is 17.6. The maximum absolute atomic E-state index is 12.8. The van der Waals surface area contributed by atoms with Gasteiger partial charge >= 0.3 is 12.1 Å². The van der Waals surface area contributed by atoms with Gasteiger partial charge in [0.1, 0.15) is 6.61 Å². The molecule has 0 atom stereocenters. The number of aromatic carboxylic acids is 1. The summed E-state index contributed by atoms with van der Waals surface area (Å²) in [6, 6.07) is 20.8. The second-order valence-electron chi connectivity index (χ2n) is 10.2. The number of hydrogen-bond donors (Lipinski definition) is 2. The van der Waals surface area contributed by atoms with Crippen molar-refractivity contribution in [1.82, 2.24) is 0 Å². The molecule has 186 valence electrons. The monoisotopic (exact) mass is 487 g/mol. The number of amides is 1. The summed E-state index contributed by atoms with van der Waals surface area (Å²) in [5.41, 5.74) is 5.16. The second-order valence-corrected chi connectivity index (χ2v) is 10.2. The molecule has 0 radical (unpaired) electrons. The fourth-order valence-electron chi connectivity index (χ4n) is 4.84. The van der Waals surface area contributed by atoms with Crippen LogP contribution >= 0.6 is 0 Å². The molecule has 0 unspecified atom stereocenters. The van der Waals surface area contributed by atoms with Gasteiger partial charge in [-0.3, -0.25) is 5.32 Å². The maximum atomic E-state index is 12.8. The topological polar surface area (TPSA) is 94.1 Å². The van der Waals surface area contributed by atoms with Gasteiger partial charge in [-0.2, -0.15) is 0 Å². The summed E-state index contributed by atoms with van der Waals surface area (Å²) < 4.78 is 17.6. The number of carbonyl (C=O) groups is 2. The van der Waals surface area contributed by atoms with Crippen LogP contribution in [-0.2, 0) is 20.0 Å². The molecule has 3 aromatic rings. The predicted octanol–water partition coefficient (Wildman–Crippen LogP) is 5.99. The Morgan fingerprint density at radius 2 is 1.53 bits per heavy atom. The van der Waals surface area contributed by atoms with Gasteiger partial charge in [0.05, 0.1) is 18.8 Å². The molecule has 1 aliphatic carbocycles. The first kappa shape index (κ1) is 24.0. The van der Waals surface area contributed by atoms with Crippen LogP contribution in [0.1, 0.15) is 53.7 Å². The zero-order chi connectivity index (χ0) is 25.5. The molecule has 0 spiro atoms. The molecule has 0 aromatic heterocycles. The Labute approximate surface area is 210 Å². The Balaban J connectivity index is 1.32. The van der Waals surface area contributed by atoms with E-state index in [0.29, 0.717) is 24.5 Å². The average Bonchev–Trinajstić information content (AvgIpc) is 3.18. The van der Waals surface area contributed by atoms with Crippen LogP contribution in [0.25, 0.3) is 11.1 Å². The van der Waals surface area contributed by atoms with Crippen LogP contribution in [-0.4, -0.2) is 37.0 Å². The first-order valence-electron chi connectivity index (χ1n) is 11.9. The van der Waals surface area contributed by atoms with Gasteiger partial charge in [-0.1, -0.05) is 62.4 Å². The van der Waals surface area contributed by atoms with E-state index in [1.165, 1.54) is 12.1 Å². The van der Waals surface area contributed by atoms with Crippen LogP contribution in [0.5, 0.6) is 0 Å². The van der Waals surface area contributed by atoms with Crippen molar-refractivity contribution in [2.24, 2.45) is 5.41 Å². The number of fused-ring (bicyclic) bond motifs is 3. The molecule has 0 bridgehead atoms. The van der Waals surface area contributed by atoms with Gasteiger partial charge in [-0.25, -0.2) is 9.59 Å². The molecule has 5 rings (SSSR count). The largest absolute Gasteiger partial charge is 0.478 e. The van der Waals surface area contributed by atoms with Crippen molar-refractivity contribution in [3.63, 3.8) is 0 Å². The summed E-state index contributed by atoms with van der Waals surface area (Å²) in [5, 5.41) is 12.5. The summed E-state index contributed by atoms with van der Waals surface area (Å²) in [4.78, 5) is 24.6. The van der Waals surface area contributed by atoms with Crippen molar-refractivity contribution < 1.29 is 28.9 Å². The summed E-state index contributed by atoms with van der Waals surface area (Å²) in [7, 11) is 0. The SMILES string of the molecule is CC1(C)COC(C)(c2cc(NC(=O)OCC3c4ccccc4-c4ccccc43)ccc2C(=O)O)OC1. The number of carbonyl (C=O) groups excluding carboxylic acids is 1. The van der Waals surface area contributed by atoms with Crippen molar-refractivity contribution in [3.05, 3.63) is 89.0 Å². The Morgan fingerprint density at radius 1 is 0.944 bits per heavy atom. The molecule has 1 aliphatic heterocycles. The summed E-state index contributed by atoms with van der Waals surface area (Å²) in [5.74, 6) is -2.40. The van der Waals surface area contributed by atoms with Crippen LogP contribution in [0.4, 0.5) is 10.5 Å². The molecule has 1 amide bonds. The molecule has 2 N–H and O–H groups in total. The highest BCUT2D eigenvalue weighted by atomic mass is 16.7. The van der Waals surface area contributed by atoms with Crippen molar-refractivity contribution >= 4 is 17.7 Å². The third-order valence-corrected chi connectivity index (χ3v) is 6.81. The third kappa shape index (κ3) is 4.47. The smallest absolute Gasteiger partial charge is 0.411 e. The van der Waals surface area contributed by atoms with Gasteiger partial charge in [-0.05, 0) is 47.4 Å². The Kier molecular flexibility index (Phi) is 6.06. The minimum atomic E-state index is -1.25. The van der Waals surface area contributed by atoms with Crippen molar-refractivity contribution in [1.29, 1.82) is 0 Å². The van der Waals surface area contributed by atoms with Crippen LogP contribution < -0.4 is 5.32 Å². The summed E-state index contributed by atoms with van der Waals surface area (Å²) in [6.07, 6.45) is -0.623. The number of carboxylic acid groups (broad SMARTS) is 1. The highest BCUT2D eigenvalue weighted by Crippen LogP contribution is 2.44. The van der Waals surface area contributed by atoms with Gasteiger partial charge in [-0.15, -0.1) is 0 Å². The molecule has 36 heavy (non-hydrogen) atoms. The third-order valence-electron chi connectivity index (χ3n) is 6.81. The first-order valence-corrected chi connectivity index (χ1v) is 11.9. The zero-order valence-electron chi connectivity index (χ0n) is 20.5. The highest BCUT2D eigenvalue weighted by molar-refractivity contribution is 5.92. The lowest BCUT2D eigenvalue weighted by atomic mass is 9.92. The number of benzene rings is 3. The maximum Gasteiger partial charge on any atom is 0.411 e. The molecular formula is C29H29NO6. The van der Waals surface area contributed by atoms with Crippen LogP contribution in [0.15, 0.2) is 66.7 Å². The standard InChI is InChI=1S/C29H29NO6/c1-28(2)16-35-29(3,36-17-28)25-14-18(12-13-23(25)26(31)32)30-27(33)34-15-24-21-10-6-4-8-19(21)20-9-5-7-11-22(20)24/h4-14,24H,15-17H2,1-3H3,(H,30,33)(H,31,32). The number of hydrogen-bond acceptors (Lipinski definition) is 5. The molecule has 7 heteroatoms. The molecule has 2 aliphatic rings. The lowest BCUT2D eigenvalue weighted by Gasteiger charge is -2.42. The van der Waals surface area contributed by atoms with Crippen molar-refractivity contribution in [2.45, 2.75) is 32.5 Å². The van der Waals surface area contributed by atoms with Crippen LogP contribution in [0, 0.1) is 5.41 Å². The number of ether oxygens (including phenoxy) is 3. The minimum absolute atomic E-state index is 0.0512. The van der Waals surface area contributed by atoms with E-state index in [1.807, 2.05) is 38.1 Å². The average molecular weight is 488 g/mol. The van der Waals surface area contributed by atoms with Gasteiger partial charge in [0.25, 0.3) is 0 Å². The van der Waals surface area contributed by atoms with E-state index in [9.17, 15) is 14.7 Å². The second kappa shape index (κ2) is 9.08. The van der Waals surface area contributed by atoms with Gasteiger partial charge < -0.3 is 19.3 Å². The molecule has 0 saturated carbocycles. The van der Waals surface area contributed by atoms with E-state index in [2.05, 4.69) is 29.6 Å². The molecule has 1 saturated heterocycles. The molecule has 1 heterocycles. The summed E-state index contributed by atoms with van der Waals surface area (Å²) in [6.45, 7) is 6.72. The van der Waals surface area contributed by atoms with E-state index in [1.54, 1.807) is 13.0 Å². The van der Waals surface area contributed by atoms with Crippen molar-refractivity contribution in [2.75, 3.05) is 25.1 Å². The van der Waals surface area contributed by atoms with Gasteiger partial charge in [0.2, 0.25) is 0 Å². The lowest BCUT2D eigenvalue weighted by Crippen LogP contribution is -2.44.